The minimum Gasteiger partial charge on any atom is -0.383 e. The van der Waals surface area contributed by atoms with Gasteiger partial charge in [-0.1, -0.05) is 0 Å². The maximum Gasteiger partial charge on any atom is 0.225 e. The molecule has 0 spiro atoms. The predicted molar refractivity (Wildman–Crippen MR) is 74.1 cm³/mol. The number of nitrogens with two attached hydrogens (primary N) is 1. The Labute approximate surface area is 114 Å². The van der Waals surface area contributed by atoms with Crippen molar-refractivity contribution < 1.29 is 0 Å². The summed E-state index contributed by atoms with van der Waals surface area (Å²) in [6.45, 7) is 1.80. The molecular weight excluding hydrogens is 296 g/mol. The fourth-order valence-electron chi connectivity index (χ4n) is 1.55. The molecule has 0 saturated carbocycles. The van der Waals surface area contributed by atoms with Crippen LogP contribution in [0.15, 0.2) is 29.4 Å². The lowest BCUT2D eigenvalue weighted by atomic mass is 10.3. The molecule has 0 aliphatic heterocycles. The van der Waals surface area contributed by atoms with Gasteiger partial charge in [0.2, 0.25) is 5.95 Å². The average Bonchev–Trinajstić information content (AvgIpc) is 2.80. The molecule has 3 N–H and O–H groups in total. The molecule has 0 aliphatic rings. The zero-order valence-corrected chi connectivity index (χ0v) is 11.5. The SMILES string of the molecule is Nc1cc(Br)nc(NCCCCn2ccnc2)n1. The molecule has 0 bridgehead atoms. The lowest BCUT2D eigenvalue weighted by molar-refractivity contribution is 0.620. The van der Waals surface area contributed by atoms with E-state index in [9.17, 15) is 0 Å². The lowest BCUT2D eigenvalue weighted by Gasteiger charge is -2.06. The van der Waals surface area contributed by atoms with Crippen molar-refractivity contribution >= 4 is 27.7 Å². The van der Waals surface area contributed by atoms with Gasteiger partial charge in [-0.3, -0.25) is 0 Å². The number of hydrogen-bond acceptors (Lipinski definition) is 5. The van der Waals surface area contributed by atoms with Gasteiger partial charge in [-0.15, -0.1) is 0 Å². The number of aromatic nitrogens is 4. The van der Waals surface area contributed by atoms with Crippen molar-refractivity contribution in [1.82, 2.24) is 19.5 Å². The highest BCUT2D eigenvalue weighted by atomic mass is 79.9. The molecule has 2 heterocycles. The molecule has 0 aliphatic carbocycles. The van der Waals surface area contributed by atoms with Gasteiger partial charge in [0.25, 0.3) is 0 Å². The fraction of sp³-hybridized carbons (Fsp3) is 0.364. The van der Waals surface area contributed by atoms with E-state index in [4.69, 9.17) is 5.73 Å². The number of imidazole rings is 1. The molecule has 96 valence electrons. The van der Waals surface area contributed by atoms with Crippen LogP contribution in [0.4, 0.5) is 11.8 Å². The number of nitrogens with zero attached hydrogens (tertiary/aromatic N) is 4. The van der Waals surface area contributed by atoms with Crippen LogP contribution >= 0.6 is 15.9 Å². The molecule has 0 saturated heterocycles. The third-order valence-corrected chi connectivity index (χ3v) is 2.81. The lowest BCUT2D eigenvalue weighted by Crippen LogP contribution is -2.08. The Morgan fingerprint density at radius 3 is 2.94 bits per heavy atom. The van der Waals surface area contributed by atoms with E-state index < -0.39 is 0 Å². The zero-order chi connectivity index (χ0) is 12.8. The van der Waals surface area contributed by atoms with Crippen molar-refractivity contribution in [1.29, 1.82) is 0 Å². The normalized spacial score (nSPS) is 10.5. The Morgan fingerprint density at radius 1 is 1.33 bits per heavy atom. The number of nitrogens with one attached hydrogen (secondary N) is 1. The number of aryl methyl sites for hydroxylation is 1. The summed E-state index contributed by atoms with van der Waals surface area (Å²) >= 11 is 3.28. The Balaban J connectivity index is 1.68. The highest BCUT2D eigenvalue weighted by molar-refractivity contribution is 9.10. The van der Waals surface area contributed by atoms with Crippen LogP contribution in [0.2, 0.25) is 0 Å². The Morgan fingerprint density at radius 2 is 2.22 bits per heavy atom. The van der Waals surface area contributed by atoms with E-state index in [-0.39, 0.29) is 0 Å². The molecule has 2 aromatic rings. The van der Waals surface area contributed by atoms with Crippen molar-refractivity contribution in [2.75, 3.05) is 17.6 Å². The van der Waals surface area contributed by atoms with E-state index in [1.54, 1.807) is 12.3 Å². The quantitative estimate of drug-likeness (QED) is 0.629. The Hall–Kier alpha value is -1.63. The first-order valence-corrected chi connectivity index (χ1v) is 6.53. The molecule has 0 amide bonds. The van der Waals surface area contributed by atoms with Crippen molar-refractivity contribution in [3.05, 3.63) is 29.4 Å². The second kappa shape index (κ2) is 6.34. The van der Waals surface area contributed by atoms with Crippen molar-refractivity contribution in [3.8, 4) is 0 Å². The largest absolute Gasteiger partial charge is 0.383 e. The van der Waals surface area contributed by atoms with Crippen molar-refractivity contribution in [3.63, 3.8) is 0 Å². The smallest absolute Gasteiger partial charge is 0.225 e. The maximum absolute atomic E-state index is 5.62. The number of hydrogen-bond donors (Lipinski definition) is 2. The molecule has 0 atom stereocenters. The second-order valence-electron chi connectivity index (χ2n) is 3.87. The minimum atomic E-state index is 0.456. The highest BCUT2D eigenvalue weighted by Gasteiger charge is 1.99. The summed E-state index contributed by atoms with van der Waals surface area (Å²) < 4.78 is 2.75. The van der Waals surface area contributed by atoms with Gasteiger partial charge in [0.1, 0.15) is 10.4 Å². The van der Waals surface area contributed by atoms with E-state index >= 15 is 0 Å². The van der Waals surface area contributed by atoms with E-state index in [2.05, 4.69) is 40.8 Å². The standard InChI is InChI=1S/C11H15BrN6/c12-9-7-10(13)17-11(16-9)15-3-1-2-5-18-6-4-14-8-18/h4,6-8H,1-3,5H2,(H3,13,15,16,17). The summed E-state index contributed by atoms with van der Waals surface area (Å²) in [6.07, 6.45) is 7.69. The first kappa shape index (κ1) is 12.8. The predicted octanol–water partition coefficient (Wildman–Crippen LogP) is 1.91. The van der Waals surface area contributed by atoms with Crippen LogP contribution in [0.3, 0.4) is 0 Å². The Kier molecular flexibility index (Phi) is 4.52. The third-order valence-electron chi connectivity index (χ3n) is 2.40. The van der Waals surface area contributed by atoms with E-state index in [1.807, 2.05) is 12.5 Å². The van der Waals surface area contributed by atoms with Gasteiger partial charge < -0.3 is 15.6 Å². The molecule has 2 aromatic heterocycles. The fourth-order valence-corrected chi connectivity index (χ4v) is 1.96. The zero-order valence-electron chi connectivity index (χ0n) is 9.88. The molecule has 18 heavy (non-hydrogen) atoms. The van der Waals surface area contributed by atoms with Gasteiger partial charge in [0.15, 0.2) is 0 Å². The second-order valence-corrected chi connectivity index (χ2v) is 4.69. The summed E-state index contributed by atoms with van der Waals surface area (Å²) in [7, 11) is 0. The summed E-state index contributed by atoms with van der Waals surface area (Å²) in [5.41, 5.74) is 5.62. The maximum atomic E-state index is 5.62. The molecule has 0 aromatic carbocycles. The monoisotopic (exact) mass is 310 g/mol. The third kappa shape index (κ3) is 3.99. The van der Waals surface area contributed by atoms with Gasteiger partial charge in [-0.25, -0.2) is 9.97 Å². The molecule has 0 fully saturated rings. The van der Waals surface area contributed by atoms with Crippen LogP contribution in [-0.2, 0) is 6.54 Å². The number of anilines is 2. The van der Waals surface area contributed by atoms with Crippen LogP contribution in [-0.4, -0.2) is 26.1 Å². The van der Waals surface area contributed by atoms with E-state index in [0.29, 0.717) is 16.4 Å². The molecular formula is C11H15BrN6. The van der Waals surface area contributed by atoms with Crippen LogP contribution in [0, 0.1) is 0 Å². The van der Waals surface area contributed by atoms with Crippen LogP contribution in [0.25, 0.3) is 0 Å². The van der Waals surface area contributed by atoms with Gasteiger partial charge in [0.05, 0.1) is 6.33 Å². The van der Waals surface area contributed by atoms with Crippen LogP contribution in [0.5, 0.6) is 0 Å². The minimum absolute atomic E-state index is 0.456. The number of unbranched alkanes of at least 4 members (excludes halogenated alkanes) is 1. The van der Waals surface area contributed by atoms with Gasteiger partial charge in [0, 0.05) is 31.5 Å². The molecule has 7 heteroatoms. The summed E-state index contributed by atoms with van der Waals surface area (Å²) in [5, 5.41) is 3.15. The summed E-state index contributed by atoms with van der Waals surface area (Å²) in [4.78, 5) is 12.3. The molecule has 0 unspecified atom stereocenters. The van der Waals surface area contributed by atoms with Crippen molar-refractivity contribution in [2.24, 2.45) is 0 Å². The first-order chi connectivity index (χ1) is 8.74. The molecule has 2 rings (SSSR count). The Bertz CT molecular complexity index is 464. The van der Waals surface area contributed by atoms with Crippen LogP contribution in [0.1, 0.15) is 12.8 Å². The summed E-state index contributed by atoms with van der Waals surface area (Å²) in [6, 6.07) is 1.67. The molecule has 0 radical (unpaired) electrons. The number of halogens is 1. The topological polar surface area (TPSA) is 81.6 Å². The van der Waals surface area contributed by atoms with Crippen LogP contribution < -0.4 is 11.1 Å². The van der Waals surface area contributed by atoms with Gasteiger partial charge in [-0.2, -0.15) is 4.98 Å². The number of rotatable bonds is 6. The first-order valence-electron chi connectivity index (χ1n) is 5.74. The van der Waals surface area contributed by atoms with E-state index in [1.165, 1.54) is 0 Å². The van der Waals surface area contributed by atoms with Gasteiger partial charge in [-0.05, 0) is 28.8 Å². The molecule has 6 nitrogen and oxygen atoms in total. The van der Waals surface area contributed by atoms with Crippen molar-refractivity contribution in [2.45, 2.75) is 19.4 Å². The average molecular weight is 311 g/mol. The van der Waals surface area contributed by atoms with Gasteiger partial charge >= 0.3 is 0 Å². The number of nitrogen functional groups attached to an aromatic ring is 1. The highest BCUT2D eigenvalue weighted by Crippen LogP contribution is 2.12. The van der Waals surface area contributed by atoms with E-state index in [0.717, 1.165) is 25.9 Å². The summed E-state index contributed by atoms with van der Waals surface area (Å²) in [5.74, 6) is 1.02.